The Morgan fingerprint density at radius 3 is 1.98 bits per heavy atom. The third kappa shape index (κ3) is 9.37. The number of halogens is 2. The Balaban J connectivity index is 1.93. The molecule has 4 aromatic rings. The summed E-state index contributed by atoms with van der Waals surface area (Å²) in [6.07, 6.45) is 0.109. The molecule has 14 heteroatoms. The number of carbonyl (C=O) groups excluding carboxylic acids is 2. The van der Waals surface area contributed by atoms with Gasteiger partial charge >= 0.3 is 0 Å². The van der Waals surface area contributed by atoms with E-state index in [1.54, 1.807) is 38.1 Å². The average Bonchev–Trinajstić information content (AvgIpc) is 3.12. The summed E-state index contributed by atoms with van der Waals surface area (Å²) in [4.78, 5) is 30.0. The molecule has 1 unspecified atom stereocenters. The fourth-order valence-electron chi connectivity index (χ4n) is 5.40. The molecule has 272 valence electrons. The number of methoxy groups -OCH3 is 4. The van der Waals surface area contributed by atoms with Gasteiger partial charge < -0.3 is 29.2 Å². The predicted octanol–water partition coefficient (Wildman–Crippen LogP) is 6.39. The fourth-order valence-corrected chi connectivity index (χ4v) is 7.35. The number of hydrogen-bond acceptors (Lipinski definition) is 8. The Bertz CT molecular complexity index is 1920. The number of anilines is 1. The van der Waals surface area contributed by atoms with E-state index in [0.717, 1.165) is 9.87 Å². The van der Waals surface area contributed by atoms with Crippen LogP contribution in [0.4, 0.5) is 5.69 Å². The Hall–Kier alpha value is -4.65. The first-order valence-electron chi connectivity index (χ1n) is 15.9. The van der Waals surface area contributed by atoms with E-state index in [0.29, 0.717) is 17.1 Å². The molecule has 0 aliphatic carbocycles. The van der Waals surface area contributed by atoms with Crippen LogP contribution in [0.5, 0.6) is 23.0 Å². The molecule has 2 amide bonds. The van der Waals surface area contributed by atoms with Gasteiger partial charge in [0.1, 0.15) is 24.1 Å². The molecule has 0 radical (unpaired) electrons. The van der Waals surface area contributed by atoms with Gasteiger partial charge in [0.05, 0.1) is 39.0 Å². The molecule has 0 heterocycles. The van der Waals surface area contributed by atoms with Gasteiger partial charge in [-0.25, -0.2) is 8.42 Å². The van der Waals surface area contributed by atoms with Crippen molar-refractivity contribution in [2.45, 2.75) is 43.8 Å². The van der Waals surface area contributed by atoms with Crippen LogP contribution in [-0.2, 0) is 32.6 Å². The molecule has 51 heavy (non-hydrogen) atoms. The second-order valence-electron chi connectivity index (χ2n) is 11.7. The minimum atomic E-state index is -4.55. The number of rotatable bonds is 16. The van der Waals surface area contributed by atoms with Crippen LogP contribution in [0.2, 0.25) is 10.0 Å². The maximum absolute atomic E-state index is 14.9. The normalized spacial score (nSPS) is 11.8. The van der Waals surface area contributed by atoms with Crippen molar-refractivity contribution in [2.24, 2.45) is 0 Å². The Labute approximate surface area is 309 Å². The zero-order chi connectivity index (χ0) is 37.3. The minimum Gasteiger partial charge on any atom is -0.497 e. The largest absolute Gasteiger partial charge is 0.497 e. The zero-order valence-corrected chi connectivity index (χ0v) is 31.5. The van der Waals surface area contributed by atoms with Crippen molar-refractivity contribution >= 4 is 50.7 Å². The first kappa shape index (κ1) is 39.1. The summed E-state index contributed by atoms with van der Waals surface area (Å²) < 4.78 is 52.0. The fraction of sp³-hybridized carbons (Fsp3) is 0.297. The number of amides is 2. The van der Waals surface area contributed by atoms with Gasteiger partial charge in [-0.1, -0.05) is 59.6 Å². The summed E-state index contributed by atoms with van der Waals surface area (Å²) in [5.41, 5.74) is 1.17. The van der Waals surface area contributed by atoms with Crippen LogP contribution in [-0.4, -0.2) is 72.2 Å². The highest BCUT2D eigenvalue weighted by Gasteiger charge is 2.37. The predicted molar refractivity (Wildman–Crippen MR) is 198 cm³/mol. The summed E-state index contributed by atoms with van der Waals surface area (Å²) in [6.45, 7) is 2.64. The molecular weight excluding hydrogens is 717 g/mol. The summed E-state index contributed by atoms with van der Waals surface area (Å²) in [7, 11) is 1.08. The van der Waals surface area contributed by atoms with E-state index in [1.807, 2.05) is 30.3 Å². The molecular formula is C37H41Cl2N3O8S. The number of nitrogens with zero attached hydrogens (tertiary/aromatic N) is 2. The van der Waals surface area contributed by atoms with E-state index in [9.17, 15) is 18.0 Å². The lowest BCUT2D eigenvalue weighted by atomic mass is 10.0. The molecule has 4 rings (SSSR count). The van der Waals surface area contributed by atoms with Crippen LogP contribution in [0.25, 0.3) is 0 Å². The average molecular weight is 759 g/mol. The van der Waals surface area contributed by atoms with E-state index in [1.165, 1.54) is 63.7 Å². The Morgan fingerprint density at radius 2 is 1.39 bits per heavy atom. The lowest BCUT2D eigenvalue weighted by Crippen LogP contribution is -2.54. The standard InChI is InChI=1S/C37H41Cl2N3O8S/c1-24(2)40-37(44)32(19-25-11-8-7-9-12-25)41(22-28-29(38)13-10-14-30(28)39)36(43)23-42(31-20-26(47-3)15-17-33(31)48-4)51(45,46)27-16-18-34(49-5)35(21-27)50-6/h7-18,20-21,24,32H,19,22-23H2,1-6H3,(H,40,44). The highest BCUT2D eigenvalue weighted by atomic mass is 35.5. The third-order valence-electron chi connectivity index (χ3n) is 7.97. The summed E-state index contributed by atoms with van der Waals surface area (Å²) >= 11 is 13.2. The molecule has 0 saturated heterocycles. The molecule has 1 atom stereocenters. The molecule has 0 spiro atoms. The SMILES string of the molecule is COc1ccc(OC)c(N(CC(=O)N(Cc2c(Cl)cccc2Cl)C(Cc2ccccc2)C(=O)NC(C)C)S(=O)(=O)c2ccc(OC)c(OC)c2)c1. The van der Waals surface area contributed by atoms with Gasteiger partial charge in [0.15, 0.2) is 11.5 Å². The number of sulfonamides is 1. The van der Waals surface area contributed by atoms with Crippen LogP contribution < -0.4 is 28.6 Å². The first-order valence-corrected chi connectivity index (χ1v) is 18.1. The van der Waals surface area contributed by atoms with Crippen LogP contribution in [0.3, 0.4) is 0 Å². The topological polar surface area (TPSA) is 124 Å². The van der Waals surface area contributed by atoms with Gasteiger partial charge in [-0.3, -0.25) is 13.9 Å². The van der Waals surface area contributed by atoms with Crippen molar-refractivity contribution < 1.29 is 37.0 Å². The number of benzene rings is 4. The lowest BCUT2D eigenvalue weighted by molar-refractivity contribution is -0.140. The van der Waals surface area contributed by atoms with Crippen LogP contribution in [0, 0.1) is 0 Å². The molecule has 0 aliphatic rings. The van der Waals surface area contributed by atoms with Crippen molar-refractivity contribution in [3.63, 3.8) is 0 Å². The molecule has 0 bridgehead atoms. The van der Waals surface area contributed by atoms with Crippen molar-refractivity contribution in [1.82, 2.24) is 10.2 Å². The highest BCUT2D eigenvalue weighted by Crippen LogP contribution is 2.38. The van der Waals surface area contributed by atoms with Crippen LogP contribution in [0.1, 0.15) is 25.0 Å². The molecule has 0 fully saturated rings. The van der Waals surface area contributed by atoms with E-state index < -0.39 is 34.4 Å². The summed E-state index contributed by atoms with van der Waals surface area (Å²) in [5.74, 6) is -0.250. The van der Waals surface area contributed by atoms with Gasteiger partial charge in [0.25, 0.3) is 10.0 Å². The molecule has 1 N–H and O–H groups in total. The van der Waals surface area contributed by atoms with Crippen molar-refractivity contribution in [3.05, 3.63) is 106 Å². The van der Waals surface area contributed by atoms with Crippen molar-refractivity contribution in [2.75, 3.05) is 39.3 Å². The first-order chi connectivity index (χ1) is 24.3. The second kappa shape index (κ2) is 17.5. The molecule has 0 aliphatic heterocycles. The maximum atomic E-state index is 14.9. The molecule has 0 aromatic heterocycles. The third-order valence-corrected chi connectivity index (χ3v) is 10.4. The minimum absolute atomic E-state index is 0.0157. The number of hydrogen-bond donors (Lipinski definition) is 1. The van der Waals surface area contributed by atoms with Crippen LogP contribution >= 0.6 is 23.2 Å². The van der Waals surface area contributed by atoms with E-state index in [4.69, 9.17) is 42.1 Å². The number of nitrogens with one attached hydrogen (secondary N) is 1. The number of carbonyl (C=O) groups is 2. The molecule has 0 saturated carbocycles. The zero-order valence-electron chi connectivity index (χ0n) is 29.2. The highest BCUT2D eigenvalue weighted by molar-refractivity contribution is 7.92. The van der Waals surface area contributed by atoms with Gasteiger partial charge in [0.2, 0.25) is 11.8 Å². The van der Waals surface area contributed by atoms with Crippen molar-refractivity contribution in [3.8, 4) is 23.0 Å². The Kier molecular flexibility index (Phi) is 13.4. The smallest absolute Gasteiger partial charge is 0.265 e. The Morgan fingerprint density at radius 1 is 0.765 bits per heavy atom. The summed E-state index contributed by atoms with van der Waals surface area (Å²) in [5, 5.41) is 3.46. The lowest BCUT2D eigenvalue weighted by Gasteiger charge is -2.34. The van der Waals surface area contributed by atoms with Gasteiger partial charge in [0, 0.05) is 46.7 Å². The quantitative estimate of drug-likeness (QED) is 0.140. The van der Waals surface area contributed by atoms with Crippen molar-refractivity contribution in [1.29, 1.82) is 0 Å². The second-order valence-corrected chi connectivity index (χ2v) is 14.3. The van der Waals surface area contributed by atoms with E-state index in [2.05, 4.69) is 5.32 Å². The summed E-state index contributed by atoms with van der Waals surface area (Å²) in [6, 6.07) is 21.4. The van der Waals surface area contributed by atoms with Gasteiger partial charge in [-0.05, 0) is 55.8 Å². The van der Waals surface area contributed by atoms with Gasteiger partial charge in [-0.15, -0.1) is 0 Å². The van der Waals surface area contributed by atoms with Crippen LogP contribution in [0.15, 0.2) is 89.8 Å². The molecule has 11 nitrogen and oxygen atoms in total. The van der Waals surface area contributed by atoms with Gasteiger partial charge in [-0.2, -0.15) is 0 Å². The monoisotopic (exact) mass is 757 g/mol. The van der Waals surface area contributed by atoms with E-state index in [-0.39, 0.29) is 51.1 Å². The maximum Gasteiger partial charge on any atom is 0.265 e. The molecule has 4 aromatic carbocycles. The van der Waals surface area contributed by atoms with E-state index >= 15 is 0 Å². The number of ether oxygens (including phenoxy) is 4.